The Morgan fingerprint density at radius 2 is 2.40 bits per heavy atom. The molecule has 2 nitrogen and oxygen atoms in total. The summed E-state index contributed by atoms with van der Waals surface area (Å²) in [5.74, 6) is 0.767. The van der Waals surface area contributed by atoms with E-state index < -0.39 is 0 Å². The van der Waals surface area contributed by atoms with Crippen LogP contribution in [0.25, 0.3) is 0 Å². The van der Waals surface area contributed by atoms with Crippen LogP contribution in [0.5, 0.6) is 0 Å². The molecule has 1 N–H and O–H groups in total. The molecule has 1 fully saturated rings. The third kappa shape index (κ3) is 3.40. The Kier molecular flexibility index (Phi) is 6.08. The maximum absolute atomic E-state index is 5.04. The van der Waals surface area contributed by atoms with Gasteiger partial charge < -0.3 is 10.1 Å². The van der Waals surface area contributed by atoms with E-state index in [4.69, 9.17) is 4.74 Å². The maximum atomic E-state index is 5.04. The minimum atomic E-state index is 0. The van der Waals surface area contributed by atoms with Crippen LogP contribution in [0.1, 0.15) is 12.8 Å². The van der Waals surface area contributed by atoms with Crippen molar-refractivity contribution < 1.29 is 4.74 Å². The lowest BCUT2D eigenvalue weighted by molar-refractivity contribution is 0.137. The standard InChI is InChI=1S/C7H15NO.ClH/c1-9-6-7-3-2-4-8-5-7;/h7-8H,2-6H2,1H3;1H. The summed E-state index contributed by atoms with van der Waals surface area (Å²) in [5, 5.41) is 3.34. The highest BCUT2D eigenvalue weighted by atomic mass is 35.5. The number of halogens is 1. The summed E-state index contributed by atoms with van der Waals surface area (Å²) in [6.07, 6.45) is 2.65. The SMILES string of the molecule is COCC1CCCNC1.Cl. The van der Waals surface area contributed by atoms with E-state index in [0.29, 0.717) is 0 Å². The van der Waals surface area contributed by atoms with Gasteiger partial charge in [0.05, 0.1) is 6.61 Å². The van der Waals surface area contributed by atoms with E-state index >= 15 is 0 Å². The highest BCUT2D eigenvalue weighted by molar-refractivity contribution is 5.85. The number of methoxy groups -OCH3 is 1. The summed E-state index contributed by atoms with van der Waals surface area (Å²) in [7, 11) is 1.77. The van der Waals surface area contributed by atoms with E-state index in [1.807, 2.05) is 0 Å². The van der Waals surface area contributed by atoms with Crippen LogP contribution in [-0.2, 0) is 4.74 Å². The summed E-state index contributed by atoms with van der Waals surface area (Å²) >= 11 is 0. The first kappa shape index (κ1) is 10.2. The number of rotatable bonds is 2. The van der Waals surface area contributed by atoms with Crippen LogP contribution in [0, 0.1) is 5.92 Å². The normalized spacial score (nSPS) is 25.5. The van der Waals surface area contributed by atoms with Crippen molar-refractivity contribution in [3.63, 3.8) is 0 Å². The van der Waals surface area contributed by atoms with Crippen molar-refractivity contribution in [2.24, 2.45) is 5.92 Å². The van der Waals surface area contributed by atoms with Crippen LogP contribution in [0.4, 0.5) is 0 Å². The monoisotopic (exact) mass is 165 g/mol. The van der Waals surface area contributed by atoms with E-state index in [-0.39, 0.29) is 12.4 Å². The van der Waals surface area contributed by atoms with Gasteiger partial charge in [0.2, 0.25) is 0 Å². The van der Waals surface area contributed by atoms with Gasteiger partial charge in [0.1, 0.15) is 0 Å². The molecule has 1 saturated heterocycles. The van der Waals surface area contributed by atoms with Gasteiger partial charge in [-0.3, -0.25) is 0 Å². The van der Waals surface area contributed by atoms with Crippen LogP contribution in [0.3, 0.4) is 0 Å². The van der Waals surface area contributed by atoms with Crippen molar-refractivity contribution in [2.75, 3.05) is 26.8 Å². The minimum absolute atomic E-state index is 0. The van der Waals surface area contributed by atoms with Gasteiger partial charge in [-0.15, -0.1) is 12.4 Å². The lowest BCUT2D eigenvalue weighted by atomic mass is 10.0. The summed E-state index contributed by atoms with van der Waals surface area (Å²) in [6.45, 7) is 3.26. The summed E-state index contributed by atoms with van der Waals surface area (Å²) in [5.41, 5.74) is 0. The van der Waals surface area contributed by atoms with Crippen LogP contribution in [0.2, 0.25) is 0 Å². The first-order chi connectivity index (χ1) is 4.43. The minimum Gasteiger partial charge on any atom is -0.384 e. The quantitative estimate of drug-likeness (QED) is 0.661. The van der Waals surface area contributed by atoms with Gasteiger partial charge in [0, 0.05) is 13.7 Å². The van der Waals surface area contributed by atoms with Crippen molar-refractivity contribution >= 4 is 12.4 Å². The van der Waals surface area contributed by atoms with Crippen molar-refractivity contribution in [1.29, 1.82) is 0 Å². The lowest BCUT2D eigenvalue weighted by Crippen LogP contribution is -2.31. The molecule has 62 valence electrons. The zero-order valence-electron chi connectivity index (χ0n) is 6.43. The molecule has 0 saturated carbocycles. The molecule has 0 aromatic rings. The number of nitrogens with one attached hydrogen (secondary N) is 1. The molecule has 1 atom stereocenters. The molecule has 0 aliphatic carbocycles. The number of hydrogen-bond acceptors (Lipinski definition) is 2. The molecule has 0 radical (unpaired) electrons. The average Bonchev–Trinajstić information content (AvgIpc) is 1.91. The molecule has 1 heterocycles. The summed E-state index contributed by atoms with van der Waals surface area (Å²) in [4.78, 5) is 0. The molecule has 1 aliphatic heterocycles. The van der Waals surface area contributed by atoms with Gasteiger partial charge in [0.15, 0.2) is 0 Å². The van der Waals surface area contributed by atoms with E-state index in [0.717, 1.165) is 19.1 Å². The molecule has 0 aromatic heterocycles. The summed E-state index contributed by atoms with van der Waals surface area (Å²) < 4.78 is 5.04. The van der Waals surface area contributed by atoms with Crippen molar-refractivity contribution in [1.82, 2.24) is 5.32 Å². The zero-order valence-corrected chi connectivity index (χ0v) is 7.25. The Balaban J connectivity index is 0.000000810. The van der Waals surface area contributed by atoms with Crippen molar-refractivity contribution in [2.45, 2.75) is 12.8 Å². The van der Waals surface area contributed by atoms with Gasteiger partial charge in [-0.2, -0.15) is 0 Å². The predicted octanol–water partition coefficient (Wildman–Crippen LogP) is 1.05. The third-order valence-corrected chi connectivity index (χ3v) is 1.80. The fourth-order valence-corrected chi connectivity index (χ4v) is 1.30. The Morgan fingerprint density at radius 3 is 2.90 bits per heavy atom. The predicted molar refractivity (Wildman–Crippen MR) is 44.7 cm³/mol. The second-order valence-electron chi connectivity index (χ2n) is 2.67. The van der Waals surface area contributed by atoms with E-state index in [9.17, 15) is 0 Å². The molecule has 0 amide bonds. The van der Waals surface area contributed by atoms with E-state index in [1.54, 1.807) is 7.11 Å². The van der Waals surface area contributed by atoms with E-state index in [2.05, 4.69) is 5.32 Å². The smallest absolute Gasteiger partial charge is 0.0502 e. The molecule has 0 spiro atoms. The van der Waals surface area contributed by atoms with Crippen LogP contribution >= 0.6 is 12.4 Å². The molecule has 0 bridgehead atoms. The average molecular weight is 166 g/mol. The molecule has 3 heteroatoms. The molecule has 1 rings (SSSR count). The first-order valence-electron chi connectivity index (χ1n) is 3.63. The molecule has 0 aromatic carbocycles. The highest BCUT2D eigenvalue weighted by Crippen LogP contribution is 2.08. The second-order valence-corrected chi connectivity index (χ2v) is 2.67. The zero-order chi connectivity index (χ0) is 6.53. The third-order valence-electron chi connectivity index (χ3n) is 1.80. The molecular weight excluding hydrogens is 150 g/mol. The van der Waals surface area contributed by atoms with Crippen molar-refractivity contribution in [3.8, 4) is 0 Å². The molecule has 10 heavy (non-hydrogen) atoms. The van der Waals surface area contributed by atoms with Crippen LogP contribution in [-0.4, -0.2) is 26.8 Å². The van der Waals surface area contributed by atoms with Gasteiger partial charge >= 0.3 is 0 Å². The first-order valence-corrected chi connectivity index (χ1v) is 3.63. The van der Waals surface area contributed by atoms with Gasteiger partial charge in [0.25, 0.3) is 0 Å². The Hall–Kier alpha value is 0.210. The van der Waals surface area contributed by atoms with Gasteiger partial charge in [-0.25, -0.2) is 0 Å². The lowest BCUT2D eigenvalue weighted by Gasteiger charge is -2.21. The maximum Gasteiger partial charge on any atom is 0.0502 e. The van der Waals surface area contributed by atoms with Crippen LogP contribution in [0.15, 0.2) is 0 Å². The Bertz CT molecular complexity index is 71.3. The highest BCUT2D eigenvalue weighted by Gasteiger charge is 2.11. The van der Waals surface area contributed by atoms with Gasteiger partial charge in [-0.05, 0) is 25.3 Å². The van der Waals surface area contributed by atoms with E-state index in [1.165, 1.54) is 19.4 Å². The Labute approximate surface area is 68.7 Å². The molecular formula is C7H16ClNO. The largest absolute Gasteiger partial charge is 0.384 e. The second kappa shape index (κ2) is 5.96. The van der Waals surface area contributed by atoms with Gasteiger partial charge in [-0.1, -0.05) is 0 Å². The molecule has 1 unspecified atom stereocenters. The fraction of sp³-hybridized carbons (Fsp3) is 1.00. The topological polar surface area (TPSA) is 21.3 Å². The fourth-order valence-electron chi connectivity index (χ4n) is 1.30. The van der Waals surface area contributed by atoms with Crippen LogP contribution < -0.4 is 5.32 Å². The number of piperidine rings is 1. The Morgan fingerprint density at radius 1 is 1.60 bits per heavy atom. The van der Waals surface area contributed by atoms with Crippen molar-refractivity contribution in [3.05, 3.63) is 0 Å². The number of ether oxygens (including phenoxy) is 1. The summed E-state index contributed by atoms with van der Waals surface area (Å²) in [6, 6.07) is 0. The number of hydrogen-bond donors (Lipinski definition) is 1. The molecule has 1 aliphatic rings.